The van der Waals surface area contributed by atoms with Gasteiger partial charge in [-0.3, -0.25) is 4.79 Å². The predicted molar refractivity (Wildman–Crippen MR) is 105 cm³/mol. The lowest BCUT2D eigenvalue weighted by molar-refractivity contribution is -0.118. The summed E-state index contributed by atoms with van der Waals surface area (Å²) in [5.74, 6) is 2.20. The van der Waals surface area contributed by atoms with Gasteiger partial charge in [0.1, 0.15) is 11.2 Å². The molecule has 1 aromatic carbocycles. The van der Waals surface area contributed by atoms with E-state index in [-0.39, 0.29) is 19.3 Å². The van der Waals surface area contributed by atoms with Gasteiger partial charge in [-0.2, -0.15) is 0 Å². The number of nitrogens with one attached hydrogen (secondary N) is 1. The largest absolute Gasteiger partial charge is 0.467 e. The number of hydrogen-bond acceptors (Lipinski definition) is 7. The Bertz CT molecular complexity index is 1070. The number of fused-ring (bicyclic) bond motifs is 4. The third kappa shape index (κ3) is 3.13. The first-order chi connectivity index (χ1) is 13.7. The van der Waals surface area contributed by atoms with Crippen LogP contribution >= 0.6 is 11.3 Å². The Hall–Kier alpha value is -2.87. The lowest BCUT2D eigenvalue weighted by Gasteiger charge is -2.18. The molecule has 1 atom stereocenters. The Morgan fingerprint density at radius 2 is 2.21 bits per heavy atom. The van der Waals surface area contributed by atoms with Crippen molar-refractivity contribution in [1.82, 2.24) is 9.97 Å². The van der Waals surface area contributed by atoms with Crippen molar-refractivity contribution in [3.8, 4) is 17.4 Å². The topological polar surface area (TPSA) is 82.6 Å². The third-order valence-corrected chi connectivity index (χ3v) is 6.22. The van der Waals surface area contributed by atoms with Gasteiger partial charge in [0, 0.05) is 16.6 Å². The van der Waals surface area contributed by atoms with Crippen LogP contribution in [0.15, 0.2) is 24.5 Å². The highest BCUT2D eigenvalue weighted by molar-refractivity contribution is 7.18. The molecule has 28 heavy (non-hydrogen) atoms. The van der Waals surface area contributed by atoms with E-state index in [1.807, 2.05) is 0 Å². The Kier molecular flexibility index (Phi) is 4.27. The van der Waals surface area contributed by atoms with Crippen molar-refractivity contribution in [2.75, 3.05) is 18.7 Å². The van der Waals surface area contributed by atoms with E-state index >= 15 is 0 Å². The molecular formula is C20H19N3O4S. The van der Waals surface area contributed by atoms with Gasteiger partial charge < -0.3 is 19.5 Å². The summed E-state index contributed by atoms with van der Waals surface area (Å²) in [5, 5.41) is 3.77. The van der Waals surface area contributed by atoms with Crippen molar-refractivity contribution >= 4 is 33.1 Å². The first-order valence-corrected chi connectivity index (χ1v) is 10.1. The van der Waals surface area contributed by atoms with E-state index in [2.05, 4.69) is 22.2 Å². The maximum Gasteiger partial charge on any atom is 0.262 e. The van der Waals surface area contributed by atoms with Crippen LogP contribution in [0.5, 0.6) is 17.4 Å². The van der Waals surface area contributed by atoms with Crippen molar-refractivity contribution in [3.63, 3.8) is 0 Å². The zero-order chi connectivity index (χ0) is 19.1. The predicted octanol–water partition coefficient (Wildman–Crippen LogP) is 3.56. The summed E-state index contributed by atoms with van der Waals surface area (Å²) < 4.78 is 16.4. The fourth-order valence-electron chi connectivity index (χ4n) is 3.66. The second kappa shape index (κ2) is 6.94. The standard InChI is InChI=1S/C20H19N3O4S/c1-11-2-4-13-16(6-11)28-20-18(13)19(21-9-22-20)25-8-17(24)23-12-3-5-14-15(7-12)27-10-26-14/h3,5,7,9,11H,2,4,6,8,10H2,1H3,(H,23,24)/t11-/m0/s1. The van der Waals surface area contributed by atoms with Crippen molar-refractivity contribution in [3.05, 3.63) is 35.0 Å². The molecule has 2 aromatic heterocycles. The van der Waals surface area contributed by atoms with Gasteiger partial charge in [-0.1, -0.05) is 6.92 Å². The van der Waals surface area contributed by atoms with Crippen molar-refractivity contribution in [2.24, 2.45) is 5.92 Å². The van der Waals surface area contributed by atoms with Gasteiger partial charge in [-0.05, 0) is 42.9 Å². The smallest absolute Gasteiger partial charge is 0.262 e. The van der Waals surface area contributed by atoms with Crippen LogP contribution in [0.25, 0.3) is 10.2 Å². The number of carbonyl (C=O) groups is 1. The molecule has 3 aromatic rings. The number of thiophene rings is 1. The van der Waals surface area contributed by atoms with Gasteiger partial charge in [0.15, 0.2) is 18.1 Å². The van der Waals surface area contributed by atoms with Crippen LogP contribution in [0, 0.1) is 5.92 Å². The minimum absolute atomic E-state index is 0.123. The molecule has 0 spiro atoms. The first-order valence-electron chi connectivity index (χ1n) is 9.25. The average molecular weight is 397 g/mol. The minimum Gasteiger partial charge on any atom is -0.467 e. The Morgan fingerprint density at radius 3 is 3.14 bits per heavy atom. The SMILES string of the molecule is C[C@H]1CCc2c(sc3ncnc(OCC(=O)Nc4ccc5c(c4)OCO5)c23)C1. The molecule has 2 aliphatic rings. The quantitative estimate of drug-likeness (QED) is 0.725. The number of benzene rings is 1. The molecule has 5 rings (SSSR count). The number of rotatable bonds is 4. The molecule has 0 fully saturated rings. The van der Waals surface area contributed by atoms with E-state index in [4.69, 9.17) is 14.2 Å². The summed E-state index contributed by atoms with van der Waals surface area (Å²) in [6, 6.07) is 5.27. The number of aromatic nitrogens is 2. The molecular weight excluding hydrogens is 378 g/mol. The molecule has 1 aliphatic heterocycles. The van der Waals surface area contributed by atoms with Crippen LogP contribution < -0.4 is 19.5 Å². The Labute approximate surface area is 165 Å². The second-order valence-corrected chi connectivity index (χ2v) is 8.20. The number of anilines is 1. The van der Waals surface area contributed by atoms with E-state index in [0.29, 0.717) is 29.0 Å². The van der Waals surface area contributed by atoms with Gasteiger partial charge in [-0.25, -0.2) is 9.97 Å². The van der Waals surface area contributed by atoms with E-state index in [1.54, 1.807) is 29.5 Å². The normalized spacial score (nSPS) is 17.4. The van der Waals surface area contributed by atoms with E-state index in [9.17, 15) is 4.79 Å². The highest BCUT2D eigenvalue weighted by atomic mass is 32.1. The molecule has 1 aliphatic carbocycles. The number of amides is 1. The number of hydrogen-bond donors (Lipinski definition) is 1. The van der Waals surface area contributed by atoms with Gasteiger partial charge in [-0.15, -0.1) is 11.3 Å². The molecule has 3 heterocycles. The Balaban J connectivity index is 1.31. The molecule has 0 bridgehead atoms. The minimum atomic E-state index is -0.261. The first kappa shape index (κ1) is 17.2. The fraction of sp³-hybridized carbons (Fsp3) is 0.350. The van der Waals surface area contributed by atoms with Crippen LogP contribution in [0.4, 0.5) is 5.69 Å². The van der Waals surface area contributed by atoms with Crippen LogP contribution in [0.3, 0.4) is 0 Å². The fourth-order valence-corrected chi connectivity index (χ4v) is 5.00. The molecule has 1 amide bonds. The van der Waals surface area contributed by atoms with Crippen LogP contribution in [0.2, 0.25) is 0 Å². The van der Waals surface area contributed by atoms with Crippen molar-refractivity contribution in [1.29, 1.82) is 0 Å². The summed E-state index contributed by atoms with van der Waals surface area (Å²) in [6.07, 6.45) is 4.72. The van der Waals surface area contributed by atoms with E-state index in [1.165, 1.54) is 16.8 Å². The maximum absolute atomic E-state index is 12.3. The Morgan fingerprint density at radius 1 is 1.32 bits per heavy atom. The highest BCUT2D eigenvalue weighted by Crippen LogP contribution is 2.40. The lowest BCUT2D eigenvalue weighted by atomic mass is 9.89. The van der Waals surface area contributed by atoms with Crippen LogP contribution in [0.1, 0.15) is 23.8 Å². The summed E-state index contributed by atoms with van der Waals surface area (Å²) in [6.45, 7) is 2.35. The number of nitrogens with zero attached hydrogens (tertiary/aromatic N) is 2. The highest BCUT2D eigenvalue weighted by Gasteiger charge is 2.24. The van der Waals surface area contributed by atoms with Crippen molar-refractivity contribution < 1.29 is 19.0 Å². The molecule has 0 unspecified atom stereocenters. The molecule has 0 saturated heterocycles. The summed E-state index contributed by atoms with van der Waals surface area (Å²) in [7, 11) is 0. The van der Waals surface area contributed by atoms with Gasteiger partial charge in [0.25, 0.3) is 5.91 Å². The van der Waals surface area contributed by atoms with Gasteiger partial charge in [0.2, 0.25) is 12.7 Å². The molecule has 0 saturated carbocycles. The zero-order valence-corrected chi connectivity index (χ0v) is 16.2. The monoisotopic (exact) mass is 397 g/mol. The van der Waals surface area contributed by atoms with Crippen LogP contribution in [-0.2, 0) is 17.6 Å². The number of aryl methyl sites for hydroxylation is 1. The third-order valence-electron chi connectivity index (χ3n) is 5.05. The van der Waals surface area contributed by atoms with E-state index in [0.717, 1.165) is 29.5 Å². The lowest BCUT2D eigenvalue weighted by Crippen LogP contribution is -2.20. The maximum atomic E-state index is 12.3. The number of carbonyl (C=O) groups excluding carboxylic acids is 1. The summed E-state index contributed by atoms with van der Waals surface area (Å²) in [4.78, 5) is 23.3. The zero-order valence-electron chi connectivity index (χ0n) is 15.4. The molecule has 8 heteroatoms. The summed E-state index contributed by atoms with van der Waals surface area (Å²) >= 11 is 1.71. The van der Waals surface area contributed by atoms with Crippen LogP contribution in [-0.4, -0.2) is 29.3 Å². The average Bonchev–Trinajstić information content (AvgIpc) is 3.29. The van der Waals surface area contributed by atoms with E-state index < -0.39 is 0 Å². The number of ether oxygens (including phenoxy) is 3. The molecule has 144 valence electrons. The van der Waals surface area contributed by atoms with Gasteiger partial charge in [0.05, 0.1) is 5.39 Å². The van der Waals surface area contributed by atoms with Gasteiger partial charge >= 0.3 is 0 Å². The molecule has 1 N–H and O–H groups in total. The molecule has 0 radical (unpaired) electrons. The van der Waals surface area contributed by atoms with Crippen molar-refractivity contribution in [2.45, 2.75) is 26.2 Å². The molecule has 7 nitrogen and oxygen atoms in total. The second-order valence-electron chi connectivity index (χ2n) is 7.12. The summed E-state index contributed by atoms with van der Waals surface area (Å²) in [5.41, 5.74) is 1.91.